The lowest BCUT2D eigenvalue weighted by molar-refractivity contribution is -0.154. The van der Waals surface area contributed by atoms with Crippen LogP contribution in [0.3, 0.4) is 0 Å². The maximum atomic E-state index is 11.7. The second-order valence-electron chi connectivity index (χ2n) is 4.76. The largest absolute Gasteiger partial charge is 0.459 e. The normalized spacial score (nSPS) is 26.3. The first kappa shape index (κ1) is 12.6. The van der Waals surface area contributed by atoms with Gasteiger partial charge in [-0.3, -0.25) is 4.79 Å². The molecular weight excluding hydrogens is 212 g/mol. The second-order valence-corrected chi connectivity index (χ2v) is 6.27. The number of hydrogen-bond acceptors (Lipinski definition) is 4. The van der Waals surface area contributed by atoms with Crippen molar-refractivity contribution in [2.24, 2.45) is 0 Å². The van der Waals surface area contributed by atoms with Crippen molar-refractivity contribution in [2.45, 2.75) is 56.1 Å². The summed E-state index contributed by atoms with van der Waals surface area (Å²) in [6.45, 7) is 5.61. The molecule has 0 aromatic heterocycles. The molecular formula is C11H18O3S. The van der Waals surface area contributed by atoms with E-state index in [0.29, 0.717) is 11.7 Å². The van der Waals surface area contributed by atoms with Crippen molar-refractivity contribution in [3.8, 4) is 0 Å². The zero-order valence-electron chi connectivity index (χ0n) is 9.49. The molecule has 0 spiro atoms. The number of thioether (sulfide) groups is 1. The van der Waals surface area contributed by atoms with Gasteiger partial charge in [0.15, 0.2) is 0 Å². The van der Waals surface area contributed by atoms with Crippen molar-refractivity contribution in [1.82, 2.24) is 0 Å². The Morgan fingerprint density at radius 1 is 1.47 bits per heavy atom. The van der Waals surface area contributed by atoms with Crippen molar-refractivity contribution in [1.29, 1.82) is 0 Å². The van der Waals surface area contributed by atoms with Gasteiger partial charge in [0.25, 0.3) is 0 Å². The van der Waals surface area contributed by atoms with Gasteiger partial charge in [0, 0.05) is 11.7 Å². The average Bonchev–Trinajstić information content (AvgIpc) is 2.50. The van der Waals surface area contributed by atoms with Gasteiger partial charge in [-0.05, 0) is 33.6 Å². The highest BCUT2D eigenvalue weighted by Gasteiger charge is 2.33. The highest BCUT2D eigenvalue weighted by molar-refractivity contribution is 8.01. The van der Waals surface area contributed by atoms with Crippen LogP contribution in [0.4, 0.5) is 0 Å². The van der Waals surface area contributed by atoms with E-state index in [0.717, 1.165) is 19.1 Å². The Hall–Kier alpha value is -0.510. The van der Waals surface area contributed by atoms with Crippen LogP contribution < -0.4 is 0 Å². The molecule has 0 radical (unpaired) electrons. The molecule has 0 amide bonds. The Morgan fingerprint density at radius 2 is 2.13 bits per heavy atom. The van der Waals surface area contributed by atoms with Gasteiger partial charge in [0.05, 0.1) is 0 Å². The molecule has 0 aliphatic carbocycles. The second kappa shape index (κ2) is 5.01. The first-order valence-electron chi connectivity index (χ1n) is 5.24. The summed E-state index contributed by atoms with van der Waals surface area (Å²) in [5.74, 6) is -0.138. The molecule has 4 heteroatoms. The number of aldehydes is 1. The van der Waals surface area contributed by atoms with Crippen LogP contribution in [0.15, 0.2) is 0 Å². The maximum absolute atomic E-state index is 11.7. The fourth-order valence-electron chi connectivity index (χ4n) is 1.53. The Morgan fingerprint density at radius 3 is 2.67 bits per heavy atom. The molecule has 0 aromatic rings. The number of esters is 1. The minimum Gasteiger partial charge on any atom is -0.459 e. The average molecular weight is 230 g/mol. The van der Waals surface area contributed by atoms with Crippen molar-refractivity contribution < 1.29 is 14.3 Å². The van der Waals surface area contributed by atoms with E-state index in [9.17, 15) is 9.59 Å². The van der Waals surface area contributed by atoms with Crippen LogP contribution in [-0.4, -0.2) is 28.4 Å². The summed E-state index contributed by atoms with van der Waals surface area (Å²) in [6, 6.07) is 0. The molecule has 1 rings (SSSR count). The van der Waals surface area contributed by atoms with Gasteiger partial charge in [-0.2, -0.15) is 0 Å². The van der Waals surface area contributed by atoms with Gasteiger partial charge >= 0.3 is 5.97 Å². The molecule has 0 bridgehead atoms. The number of hydrogen-bond donors (Lipinski definition) is 0. The molecule has 3 nitrogen and oxygen atoms in total. The van der Waals surface area contributed by atoms with Gasteiger partial charge < -0.3 is 9.53 Å². The Balaban J connectivity index is 2.40. The molecule has 0 N–H and O–H groups in total. The van der Waals surface area contributed by atoms with Gasteiger partial charge in [-0.1, -0.05) is 0 Å². The molecule has 1 aliphatic heterocycles. The van der Waals surface area contributed by atoms with Crippen LogP contribution in [0.25, 0.3) is 0 Å². The fraction of sp³-hybridized carbons (Fsp3) is 0.818. The van der Waals surface area contributed by atoms with Gasteiger partial charge in [-0.15, -0.1) is 11.8 Å². The van der Waals surface area contributed by atoms with Crippen LogP contribution in [0.1, 0.15) is 40.0 Å². The molecule has 1 heterocycles. The van der Waals surface area contributed by atoms with E-state index in [1.54, 1.807) is 11.8 Å². The molecule has 1 saturated heterocycles. The first-order valence-corrected chi connectivity index (χ1v) is 6.18. The third-order valence-corrected chi connectivity index (χ3v) is 3.71. The lowest BCUT2D eigenvalue weighted by Gasteiger charge is -2.21. The molecule has 0 saturated carbocycles. The predicted octanol–water partition coefficient (Wildman–Crippen LogP) is 2.18. The summed E-state index contributed by atoms with van der Waals surface area (Å²) in [5.41, 5.74) is -0.416. The third kappa shape index (κ3) is 4.24. The SMILES string of the molecule is CC(C)(C)OC(=O)C1CCC(CC=O)S1. The van der Waals surface area contributed by atoms with Crippen molar-refractivity contribution in [3.63, 3.8) is 0 Å². The standard InChI is InChI=1S/C11H18O3S/c1-11(2,3)14-10(13)9-5-4-8(15-9)6-7-12/h7-9H,4-6H2,1-3H3. The van der Waals surface area contributed by atoms with E-state index < -0.39 is 5.60 Å². The van der Waals surface area contributed by atoms with E-state index in [2.05, 4.69) is 0 Å². The van der Waals surface area contributed by atoms with Crippen LogP contribution in [0.2, 0.25) is 0 Å². The summed E-state index contributed by atoms with van der Waals surface area (Å²) >= 11 is 1.58. The van der Waals surface area contributed by atoms with Crippen LogP contribution in [0, 0.1) is 0 Å². The Bertz CT molecular complexity index is 245. The summed E-state index contributed by atoms with van der Waals surface area (Å²) in [5, 5.41) is 0.231. The van der Waals surface area contributed by atoms with Crippen LogP contribution in [0.5, 0.6) is 0 Å². The topological polar surface area (TPSA) is 43.4 Å². The molecule has 2 atom stereocenters. The van der Waals surface area contributed by atoms with E-state index >= 15 is 0 Å². The number of carbonyl (C=O) groups is 2. The Labute approximate surface area is 94.9 Å². The van der Waals surface area contributed by atoms with E-state index in [1.165, 1.54) is 0 Å². The zero-order valence-corrected chi connectivity index (χ0v) is 10.3. The lowest BCUT2D eigenvalue weighted by Crippen LogP contribution is -2.29. The van der Waals surface area contributed by atoms with Crippen molar-refractivity contribution >= 4 is 24.0 Å². The molecule has 15 heavy (non-hydrogen) atoms. The molecule has 0 aromatic carbocycles. The van der Waals surface area contributed by atoms with Crippen LogP contribution >= 0.6 is 11.8 Å². The lowest BCUT2D eigenvalue weighted by atomic mass is 10.1. The van der Waals surface area contributed by atoms with Crippen LogP contribution in [-0.2, 0) is 14.3 Å². The quantitative estimate of drug-likeness (QED) is 0.550. The summed E-state index contributed by atoms with van der Waals surface area (Å²) in [7, 11) is 0. The molecule has 2 unspecified atom stereocenters. The predicted molar refractivity (Wildman–Crippen MR) is 60.9 cm³/mol. The third-order valence-electron chi connectivity index (χ3n) is 2.14. The van der Waals surface area contributed by atoms with Gasteiger partial charge in [0.1, 0.15) is 17.1 Å². The smallest absolute Gasteiger partial charge is 0.319 e. The van der Waals surface area contributed by atoms with Gasteiger partial charge in [0.2, 0.25) is 0 Å². The summed E-state index contributed by atoms with van der Waals surface area (Å²) in [4.78, 5) is 22.0. The van der Waals surface area contributed by atoms with Crippen molar-refractivity contribution in [2.75, 3.05) is 0 Å². The minimum atomic E-state index is -0.416. The van der Waals surface area contributed by atoms with Gasteiger partial charge in [-0.25, -0.2) is 0 Å². The van der Waals surface area contributed by atoms with E-state index in [4.69, 9.17) is 4.74 Å². The first-order chi connectivity index (χ1) is 6.92. The van der Waals surface area contributed by atoms with Crippen molar-refractivity contribution in [3.05, 3.63) is 0 Å². The Kier molecular flexibility index (Phi) is 4.20. The number of ether oxygens (including phenoxy) is 1. The van der Waals surface area contributed by atoms with E-state index in [-0.39, 0.29) is 11.2 Å². The number of rotatable bonds is 3. The summed E-state index contributed by atoms with van der Waals surface area (Å²) in [6.07, 6.45) is 3.24. The number of carbonyl (C=O) groups excluding carboxylic acids is 2. The molecule has 1 aliphatic rings. The van der Waals surface area contributed by atoms with E-state index in [1.807, 2.05) is 20.8 Å². The molecule has 1 fully saturated rings. The summed E-state index contributed by atoms with van der Waals surface area (Å²) < 4.78 is 5.30. The monoisotopic (exact) mass is 230 g/mol. The highest BCUT2D eigenvalue weighted by Crippen LogP contribution is 2.36. The zero-order chi connectivity index (χ0) is 11.5. The molecule has 86 valence electrons. The minimum absolute atomic E-state index is 0.0748. The fourth-order valence-corrected chi connectivity index (χ4v) is 2.89. The maximum Gasteiger partial charge on any atom is 0.319 e. The highest BCUT2D eigenvalue weighted by atomic mass is 32.2.